The molecule has 3 aromatic rings. The highest BCUT2D eigenvalue weighted by Gasteiger charge is 2.16. The lowest BCUT2D eigenvalue weighted by Gasteiger charge is -2.15. The van der Waals surface area contributed by atoms with E-state index in [1.54, 1.807) is 24.3 Å². The minimum atomic E-state index is -0.606. The van der Waals surface area contributed by atoms with E-state index in [-0.39, 0.29) is 18.8 Å². The van der Waals surface area contributed by atoms with Crippen LogP contribution < -0.4 is 9.47 Å². The largest absolute Gasteiger partial charge is 0.492 e. The molecule has 0 bridgehead atoms. The molecular weight excluding hydrogens is 356 g/mol. The number of carbonyl (C=O) groups is 1. The predicted octanol–water partition coefficient (Wildman–Crippen LogP) is 3.61. The molecule has 1 amide bonds. The average Bonchev–Trinajstić information content (AvgIpc) is 2.75. The summed E-state index contributed by atoms with van der Waals surface area (Å²) in [6.45, 7) is 0.635. The average molecular weight is 378 g/mol. The lowest BCUT2D eigenvalue weighted by molar-refractivity contribution is -0.0640. The lowest BCUT2D eigenvalue weighted by Crippen LogP contribution is -2.32. The number of nitrogens with zero attached hydrogens (tertiary/aromatic N) is 2. The van der Waals surface area contributed by atoms with Gasteiger partial charge in [-0.05, 0) is 23.8 Å². The van der Waals surface area contributed by atoms with E-state index in [9.17, 15) is 10.0 Å². The quantitative estimate of drug-likeness (QED) is 0.455. The van der Waals surface area contributed by atoms with Crippen molar-refractivity contribution in [2.24, 2.45) is 0 Å². The molecule has 0 atom stereocenters. The Bertz CT molecular complexity index is 872. The van der Waals surface area contributed by atoms with Crippen LogP contribution in [0.1, 0.15) is 16.1 Å². The number of hydrogen-bond acceptors (Lipinski definition) is 5. The Labute approximate surface area is 163 Å². The van der Waals surface area contributed by atoms with E-state index < -0.39 is 5.91 Å². The van der Waals surface area contributed by atoms with Crippen molar-refractivity contribution in [2.45, 2.75) is 6.42 Å². The zero-order valence-electron chi connectivity index (χ0n) is 15.4. The Morgan fingerprint density at radius 2 is 1.57 bits per heavy atom. The van der Waals surface area contributed by atoms with Crippen LogP contribution in [-0.2, 0) is 6.42 Å². The van der Waals surface area contributed by atoms with Gasteiger partial charge in [-0.1, -0.05) is 54.6 Å². The SMILES string of the molecule is O=C(c1cccc(OCCc2ccccc2)n1)N(O)CCOc1ccccc1. The fourth-order valence-corrected chi connectivity index (χ4v) is 2.53. The maximum absolute atomic E-state index is 12.3. The fourth-order valence-electron chi connectivity index (χ4n) is 2.53. The third-order valence-electron chi connectivity index (χ3n) is 3.98. The maximum atomic E-state index is 12.3. The lowest BCUT2D eigenvalue weighted by atomic mass is 10.2. The summed E-state index contributed by atoms with van der Waals surface area (Å²) in [5.74, 6) is 0.413. The smallest absolute Gasteiger partial charge is 0.296 e. The molecular formula is C22H22N2O4. The second kappa shape index (κ2) is 10.1. The summed E-state index contributed by atoms with van der Waals surface area (Å²) in [7, 11) is 0. The van der Waals surface area contributed by atoms with Crippen LogP contribution in [0.5, 0.6) is 11.6 Å². The molecule has 0 unspecified atom stereocenters. The van der Waals surface area contributed by atoms with Crippen LogP contribution >= 0.6 is 0 Å². The Balaban J connectivity index is 1.48. The molecule has 144 valence electrons. The van der Waals surface area contributed by atoms with Crippen LogP contribution in [0.3, 0.4) is 0 Å². The third kappa shape index (κ3) is 5.82. The van der Waals surface area contributed by atoms with Crippen molar-refractivity contribution in [3.05, 3.63) is 90.1 Å². The van der Waals surface area contributed by atoms with Gasteiger partial charge in [-0.2, -0.15) is 0 Å². The maximum Gasteiger partial charge on any atom is 0.296 e. The van der Waals surface area contributed by atoms with E-state index in [2.05, 4.69) is 4.98 Å². The molecule has 0 radical (unpaired) electrons. The molecule has 0 saturated heterocycles. The van der Waals surface area contributed by atoms with Gasteiger partial charge in [0, 0.05) is 12.5 Å². The second-order valence-electron chi connectivity index (χ2n) is 6.03. The van der Waals surface area contributed by atoms with Gasteiger partial charge in [0.05, 0.1) is 13.2 Å². The molecule has 6 heteroatoms. The molecule has 0 fully saturated rings. The third-order valence-corrected chi connectivity index (χ3v) is 3.98. The number of ether oxygens (including phenoxy) is 2. The van der Waals surface area contributed by atoms with Crippen molar-refractivity contribution < 1.29 is 19.5 Å². The summed E-state index contributed by atoms with van der Waals surface area (Å²) < 4.78 is 11.1. The normalized spacial score (nSPS) is 10.3. The zero-order chi connectivity index (χ0) is 19.6. The summed E-state index contributed by atoms with van der Waals surface area (Å²) >= 11 is 0. The van der Waals surface area contributed by atoms with Crippen LogP contribution in [0.4, 0.5) is 0 Å². The first-order valence-corrected chi connectivity index (χ1v) is 9.05. The van der Waals surface area contributed by atoms with Gasteiger partial charge in [0.25, 0.3) is 5.91 Å². The van der Waals surface area contributed by atoms with Crippen molar-refractivity contribution in [2.75, 3.05) is 19.8 Å². The minimum absolute atomic E-state index is 0.0223. The second-order valence-corrected chi connectivity index (χ2v) is 6.03. The topological polar surface area (TPSA) is 71.9 Å². The van der Waals surface area contributed by atoms with Gasteiger partial charge in [-0.15, -0.1) is 0 Å². The highest BCUT2D eigenvalue weighted by molar-refractivity contribution is 5.91. The van der Waals surface area contributed by atoms with E-state index in [4.69, 9.17) is 9.47 Å². The van der Waals surface area contributed by atoms with E-state index in [1.165, 1.54) is 6.07 Å². The van der Waals surface area contributed by atoms with E-state index in [0.717, 1.165) is 12.0 Å². The van der Waals surface area contributed by atoms with Gasteiger partial charge in [-0.25, -0.2) is 10.0 Å². The van der Waals surface area contributed by atoms with E-state index >= 15 is 0 Å². The first kappa shape index (κ1) is 19.4. The minimum Gasteiger partial charge on any atom is -0.492 e. The van der Waals surface area contributed by atoms with E-state index in [0.29, 0.717) is 23.3 Å². The van der Waals surface area contributed by atoms with Crippen molar-refractivity contribution >= 4 is 5.91 Å². The summed E-state index contributed by atoms with van der Waals surface area (Å²) in [6.07, 6.45) is 0.740. The molecule has 1 N–H and O–H groups in total. The van der Waals surface area contributed by atoms with Gasteiger partial charge in [0.1, 0.15) is 18.1 Å². The number of pyridine rings is 1. The number of para-hydroxylation sites is 1. The standard InChI is InChI=1S/C22H22N2O4/c25-22(24(26)15-17-27-19-10-5-2-6-11-19)20-12-7-13-21(23-20)28-16-14-18-8-3-1-4-9-18/h1-13,26H,14-17H2. The van der Waals surface area contributed by atoms with Crippen LogP contribution in [0.15, 0.2) is 78.9 Å². The molecule has 0 aliphatic heterocycles. The van der Waals surface area contributed by atoms with Crippen LogP contribution in [0, 0.1) is 0 Å². The zero-order valence-corrected chi connectivity index (χ0v) is 15.4. The van der Waals surface area contributed by atoms with Crippen molar-refractivity contribution in [3.8, 4) is 11.6 Å². The molecule has 6 nitrogen and oxygen atoms in total. The van der Waals surface area contributed by atoms with Crippen LogP contribution in [0.2, 0.25) is 0 Å². The molecule has 0 spiro atoms. The van der Waals surface area contributed by atoms with E-state index in [1.807, 2.05) is 48.5 Å². The van der Waals surface area contributed by atoms with Gasteiger partial charge < -0.3 is 9.47 Å². The van der Waals surface area contributed by atoms with Gasteiger partial charge in [-0.3, -0.25) is 10.0 Å². The number of benzene rings is 2. The molecule has 0 aliphatic carbocycles. The summed E-state index contributed by atoms with van der Waals surface area (Å²) in [4.78, 5) is 16.5. The molecule has 2 aromatic carbocycles. The molecule has 0 saturated carbocycles. The molecule has 3 rings (SSSR count). The monoisotopic (exact) mass is 378 g/mol. The molecule has 1 heterocycles. The molecule has 0 aliphatic rings. The van der Waals surface area contributed by atoms with Gasteiger partial charge >= 0.3 is 0 Å². The fraction of sp³-hybridized carbons (Fsp3) is 0.182. The predicted molar refractivity (Wildman–Crippen MR) is 105 cm³/mol. The number of hydrogen-bond donors (Lipinski definition) is 1. The van der Waals surface area contributed by atoms with Crippen LogP contribution in [-0.4, -0.2) is 40.9 Å². The van der Waals surface area contributed by atoms with Crippen molar-refractivity contribution in [1.29, 1.82) is 0 Å². The summed E-state index contributed by atoms with van der Waals surface area (Å²) in [5.41, 5.74) is 1.27. The Hall–Kier alpha value is -3.38. The summed E-state index contributed by atoms with van der Waals surface area (Å²) in [6, 6.07) is 24.1. The highest BCUT2D eigenvalue weighted by atomic mass is 16.5. The summed E-state index contributed by atoms with van der Waals surface area (Å²) in [5, 5.41) is 10.6. The van der Waals surface area contributed by atoms with Crippen molar-refractivity contribution in [1.82, 2.24) is 10.0 Å². The number of aromatic nitrogens is 1. The number of rotatable bonds is 9. The molecule has 1 aromatic heterocycles. The highest BCUT2D eigenvalue weighted by Crippen LogP contribution is 2.11. The number of hydroxylamine groups is 2. The van der Waals surface area contributed by atoms with Gasteiger partial charge in [0.15, 0.2) is 0 Å². The first-order chi connectivity index (χ1) is 13.7. The Morgan fingerprint density at radius 3 is 2.32 bits per heavy atom. The Morgan fingerprint density at radius 1 is 0.857 bits per heavy atom. The van der Waals surface area contributed by atoms with Crippen molar-refractivity contribution in [3.63, 3.8) is 0 Å². The van der Waals surface area contributed by atoms with Crippen LogP contribution in [0.25, 0.3) is 0 Å². The Kier molecular flexibility index (Phi) is 6.98. The molecule has 28 heavy (non-hydrogen) atoms. The van der Waals surface area contributed by atoms with Gasteiger partial charge in [0.2, 0.25) is 5.88 Å². The first-order valence-electron chi connectivity index (χ1n) is 9.05. The number of amides is 1. The number of carbonyl (C=O) groups excluding carboxylic acids is 1.